The second-order valence-electron chi connectivity index (χ2n) is 5.55. The van der Waals surface area contributed by atoms with Gasteiger partial charge in [0.25, 0.3) is 5.91 Å². The maximum absolute atomic E-state index is 12.5. The fourth-order valence-electron chi connectivity index (χ4n) is 2.16. The summed E-state index contributed by atoms with van der Waals surface area (Å²) in [6.07, 6.45) is -4.45. The van der Waals surface area contributed by atoms with Gasteiger partial charge in [0.05, 0.1) is 10.5 Å². The van der Waals surface area contributed by atoms with E-state index >= 15 is 0 Å². The van der Waals surface area contributed by atoms with E-state index in [1.54, 1.807) is 6.92 Å². The van der Waals surface area contributed by atoms with Gasteiger partial charge in [0.2, 0.25) is 10.0 Å². The number of amides is 1. The number of alkyl halides is 3. The maximum Gasteiger partial charge on any atom is 0.416 e. The van der Waals surface area contributed by atoms with Gasteiger partial charge in [-0.1, -0.05) is 6.07 Å². The highest BCUT2D eigenvalue weighted by molar-refractivity contribution is 7.89. The third kappa shape index (κ3) is 5.44. The standard InChI is InChI=1S/C17H17F3N2O4S/c1-11-3-6-13(9-15(11)27(24,25)21-2)22-16(23)10-26-14-7-4-12(5-8-14)17(18,19)20/h3-9,21H,10H2,1-2H3,(H,22,23). The minimum absolute atomic E-state index is 0.0199. The van der Waals surface area contributed by atoms with Crippen molar-refractivity contribution in [3.63, 3.8) is 0 Å². The Morgan fingerprint density at radius 1 is 1.11 bits per heavy atom. The van der Waals surface area contributed by atoms with Crippen LogP contribution in [-0.2, 0) is 21.0 Å². The molecule has 0 atom stereocenters. The van der Waals surface area contributed by atoms with Crippen LogP contribution in [0.15, 0.2) is 47.4 Å². The van der Waals surface area contributed by atoms with E-state index < -0.39 is 34.3 Å². The zero-order valence-electron chi connectivity index (χ0n) is 14.4. The first-order valence-electron chi connectivity index (χ1n) is 7.67. The highest BCUT2D eigenvalue weighted by Gasteiger charge is 2.30. The number of rotatable bonds is 6. The maximum atomic E-state index is 12.5. The van der Waals surface area contributed by atoms with Crippen LogP contribution in [0.3, 0.4) is 0 Å². The Morgan fingerprint density at radius 2 is 1.74 bits per heavy atom. The predicted molar refractivity (Wildman–Crippen MR) is 93.0 cm³/mol. The lowest BCUT2D eigenvalue weighted by molar-refractivity contribution is -0.137. The monoisotopic (exact) mass is 402 g/mol. The third-order valence-electron chi connectivity index (χ3n) is 3.58. The van der Waals surface area contributed by atoms with Gasteiger partial charge in [0, 0.05) is 5.69 Å². The molecule has 0 bridgehead atoms. The Bertz CT molecular complexity index is 926. The Morgan fingerprint density at radius 3 is 2.30 bits per heavy atom. The van der Waals surface area contributed by atoms with Gasteiger partial charge in [-0.15, -0.1) is 0 Å². The van der Waals surface area contributed by atoms with Crippen molar-refractivity contribution in [2.24, 2.45) is 0 Å². The van der Waals surface area contributed by atoms with Crippen molar-refractivity contribution < 1.29 is 31.1 Å². The first kappa shape index (κ1) is 20.7. The summed E-state index contributed by atoms with van der Waals surface area (Å²) in [5.74, 6) is -0.493. The molecule has 0 spiro atoms. The molecule has 1 amide bonds. The number of carbonyl (C=O) groups is 1. The zero-order valence-corrected chi connectivity index (χ0v) is 15.2. The van der Waals surface area contributed by atoms with E-state index in [0.29, 0.717) is 5.56 Å². The number of sulfonamides is 1. The van der Waals surface area contributed by atoms with E-state index in [1.165, 1.54) is 25.2 Å². The van der Waals surface area contributed by atoms with Crippen LogP contribution < -0.4 is 14.8 Å². The second kappa shape index (κ2) is 7.97. The van der Waals surface area contributed by atoms with E-state index in [-0.39, 0.29) is 16.3 Å². The van der Waals surface area contributed by atoms with Crippen molar-refractivity contribution >= 4 is 21.6 Å². The Hall–Kier alpha value is -2.59. The number of carbonyl (C=O) groups excluding carboxylic acids is 1. The zero-order chi connectivity index (χ0) is 20.2. The lowest BCUT2D eigenvalue weighted by Gasteiger charge is -2.11. The van der Waals surface area contributed by atoms with Gasteiger partial charge in [-0.2, -0.15) is 13.2 Å². The normalized spacial score (nSPS) is 11.9. The number of aryl methyl sites for hydroxylation is 1. The minimum Gasteiger partial charge on any atom is -0.484 e. The summed E-state index contributed by atoms with van der Waals surface area (Å²) in [6.45, 7) is 1.16. The van der Waals surface area contributed by atoms with Crippen LogP contribution in [0.2, 0.25) is 0 Å². The molecular weight excluding hydrogens is 385 g/mol. The summed E-state index contributed by atoms with van der Waals surface area (Å²) in [7, 11) is -2.41. The molecule has 0 heterocycles. The summed E-state index contributed by atoms with van der Waals surface area (Å²) >= 11 is 0. The average Bonchev–Trinajstić information content (AvgIpc) is 2.61. The van der Waals surface area contributed by atoms with Crippen LogP contribution in [0, 0.1) is 6.92 Å². The van der Waals surface area contributed by atoms with Gasteiger partial charge >= 0.3 is 6.18 Å². The molecule has 0 radical (unpaired) electrons. The van der Waals surface area contributed by atoms with E-state index in [9.17, 15) is 26.4 Å². The molecule has 2 rings (SSSR count). The van der Waals surface area contributed by atoms with Crippen LogP contribution in [-0.4, -0.2) is 28.0 Å². The SMILES string of the molecule is CNS(=O)(=O)c1cc(NC(=O)COc2ccc(C(F)(F)F)cc2)ccc1C. The van der Waals surface area contributed by atoms with Crippen molar-refractivity contribution in [1.82, 2.24) is 4.72 Å². The van der Waals surface area contributed by atoms with Crippen molar-refractivity contribution in [2.75, 3.05) is 19.0 Å². The van der Waals surface area contributed by atoms with Gasteiger partial charge in [-0.3, -0.25) is 4.79 Å². The van der Waals surface area contributed by atoms with Gasteiger partial charge < -0.3 is 10.1 Å². The number of halogens is 3. The quantitative estimate of drug-likeness (QED) is 0.778. The number of anilines is 1. The molecule has 0 saturated heterocycles. The molecular formula is C17H17F3N2O4S. The molecule has 2 N–H and O–H groups in total. The summed E-state index contributed by atoms with van der Waals surface area (Å²) < 4.78 is 68.7. The molecule has 0 unspecified atom stereocenters. The third-order valence-corrected chi connectivity index (χ3v) is 5.14. The smallest absolute Gasteiger partial charge is 0.416 e. The lowest BCUT2D eigenvalue weighted by Crippen LogP contribution is -2.22. The van der Waals surface area contributed by atoms with Gasteiger partial charge in [0.15, 0.2) is 6.61 Å². The molecule has 27 heavy (non-hydrogen) atoms. The molecule has 0 fully saturated rings. The second-order valence-corrected chi connectivity index (χ2v) is 7.40. The van der Waals surface area contributed by atoms with Gasteiger partial charge in [-0.25, -0.2) is 13.1 Å². The number of nitrogens with one attached hydrogen (secondary N) is 2. The lowest BCUT2D eigenvalue weighted by atomic mass is 10.2. The molecule has 0 aliphatic heterocycles. The molecule has 0 saturated carbocycles. The Balaban J connectivity index is 2.01. The van der Waals surface area contributed by atoms with Crippen LogP contribution in [0.1, 0.15) is 11.1 Å². The largest absolute Gasteiger partial charge is 0.484 e. The summed E-state index contributed by atoms with van der Waals surface area (Å²) in [4.78, 5) is 12.0. The van der Waals surface area contributed by atoms with E-state index in [4.69, 9.17) is 4.74 Å². The fourth-order valence-corrected chi connectivity index (χ4v) is 3.16. The topological polar surface area (TPSA) is 84.5 Å². The minimum atomic E-state index is -4.45. The Labute approximate surface area is 154 Å². The van der Waals surface area contributed by atoms with Crippen LogP contribution in [0.4, 0.5) is 18.9 Å². The van der Waals surface area contributed by atoms with Crippen LogP contribution in [0.5, 0.6) is 5.75 Å². The van der Waals surface area contributed by atoms with Crippen LogP contribution in [0.25, 0.3) is 0 Å². The van der Waals surface area contributed by atoms with E-state index in [1.807, 2.05) is 0 Å². The van der Waals surface area contributed by atoms with Crippen LogP contribution >= 0.6 is 0 Å². The molecule has 6 nitrogen and oxygen atoms in total. The molecule has 0 aromatic heterocycles. The Kier molecular flexibility index (Phi) is 6.11. The number of ether oxygens (including phenoxy) is 1. The van der Waals surface area contributed by atoms with Crippen molar-refractivity contribution in [3.8, 4) is 5.75 Å². The fraction of sp³-hybridized carbons (Fsp3) is 0.235. The molecule has 0 aliphatic rings. The molecule has 2 aromatic rings. The first-order chi connectivity index (χ1) is 12.5. The first-order valence-corrected chi connectivity index (χ1v) is 9.15. The average molecular weight is 402 g/mol. The highest BCUT2D eigenvalue weighted by atomic mass is 32.2. The summed E-state index contributed by atoms with van der Waals surface area (Å²) in [5, 5.41) is 2.48. The number of benzene rings is 2. The predicted octanol–water partition coefficient (Wildman–Crippen LogP) is 2.94. The van der Waals surface area contributed by atoms with E-state index in [2.05, 4.69) is 10.0 Å². The van der Waals surface area contributed by atoms with Crippen molar-refractivity contribution in [1.29, 1.82) is 0 Å². The molecule has 10 heteroatoms. The van der Waals surface area contributed by atoms with Crippen molar-refractivity contribution in [3.05, 3.63) is 53.6 Å². The molecule has 0 aliphatic carbocycles. The number of hydrogen-bond acceptors (Lipinski definition) is 4. The molecule has 146 valence electrons. The van der Waals surface area contributed by atoms with Gasteiger partial charge in [-0.05, 0) is 55.9 Å². The summed E-state index contributed by atoms with van der Waals surface area (Å²) in [5.41, 5.74) is -0.0731. The number of hydrogen-bond donors (Lipinski definition) is 2. The van der Waals surface area contributed by atoms with Gasteiger partial charge in [0.1, 0.15) is 5.75 Å². The highest BCUT2D eigenvalue weighted by Crippen LogP contribution is 2.30. The van der Waals surface area contributed by atoms with E-state index in [0.717, 1.165) is 24.3 Å². The van der Waals surface area contributed by atoms with Crippen molar-refractivity contribution in [2.45, 2.75) is 18.0 Å². The molecule has 2 aromatic carbocycles. The summed E-state index contributed by atoms with van der Waals surface area (Å²) in [6, 6.07) is 8.29.